The quantitative estimate of drug-likeness (QED) is 0.496. The molecule has 1 aromatic heterocycles. The number of methoxy groups -OCH3 is 1. The smallest absolute Gasteiger partial charge is 0.322 e. The zero-order valence-corrected chi connectivity index (χ0v) is 18.1. The summed E-state index contributed by atoms with van der Waals surface area (Å²) in [5.41, 5.74) is 1.43. The topological polar surface area (TPSA) is 98.1 Å². The van der Waals surface area contributed by atoms with Crippen molar-refractivity contribution in [3.63, 3.8) is 0 Å². The molecule has 0 bridgehead atoms. The van der Waals surface area contributed by atoms with Gasteiger partial charge >= 0.3 is 16.1 Å². The summed E-state index contributed by atoms with van der Waals surface area (Å²) in [5, 5.41) is 2.86. The molecule has 3 rings (SSSR count). The third-order valence-corrected chi connectivity index (χ3v) is 5.58. The highest BCUT2D eigenvalue weighted by molar-refractivity contribution is 7.87. The zero-order valence-electron chi connectivity index (χ0n) is 17.3. The molecule has 0 aliphatic rings. The van der Waals surface area contributed by atoms with Gasteiger partial charge < -0.3 is 23.6 Å². The Hall–Kier alpha value is -3.46. The summed E-state index contributed by atoms with van der Waals surface area (Å²) >= 11 is 0. The number of benzene rings is 2. The van der Waals surface area contributed by atoms with E-state index in [4.69, 9.17) is 13.3 Å². The molecule has 164 valence electrons. The number of rotatable bonds is 9. The second kappa shape index (κ2) is 10.0. The highest BCUT2D eigenvalue weighted by Crippen LogP contribution is 2.19. The number of urea groups is 1. The van der Waals surface area contributed by atoms with Gasteiger partial charge in [-0.25, -0.2) is 4.79 Å². The SMILES string of the molecule is CCS(=O)(=O)Oc1ccc(CN(Cc2ccco2)C(=O)Nc2ccc(OC)cc2)cc1. The fourth-order valence-electron chi connectivity index (χ4n) is 2.74. The first-order valence-corrected chi connectivity index (χ1v) is 11.2. The van der Waals surface area contributed by atoms with Crippen LogP contribution in [0.5, 0.6) is 11.5 Å². The van der Waals surface area contributed by atoms with Gasteiger partial charge in [0.2, 0.25) is 0 Å². The van der Waals surface area contributed by atoms with Crippen LogP contribution in [0.25, 0.3) is 0 Å². The summed E-state index contributed by atoms with van der Waals surface area (Å²) in [5.74, 6) is 1.44. The van der Waals surface area contributed by atoms with E-state index in [1.165, 1.54) is 6.92 Å². The fraction of sp³-hybridized carbons (Fsp3) is 0.227. The number of nitrogens with zero attached hydrogens (tertiary/aromatic N) is 1. The van der Waals surface area contributed by atoms with Crippen LogP contribution in [-0.4, -0.2) is 32.2 Å². The minimum atomic E-state index is -3.59. The van der Waals surface area contributed by atoms with Crippen molar-refractivity contribution >= 4 is 21.8 Å². The number of hydrogen-bond donors (Lipinski definition) is 1. The number of ether oxygens (including phenoxy) is 1. The average Bonchev–Trinajstić information content (AvgIpc) is 3.28. The molecule has 2 aromatic carbocycles. The molecule has 0 aliphatic carbocycles. The minimum absolute atomic E-state index is 0.114. The fourth-order valence-corrected chi connectivity index (χ4v) is 3.27. The summed E-state index contributed by atoms with van der Waals surface area (Å²) in [7, 11) is -2.02. The molecule has 0 fully saturated rings. The Morgan fingerprint density at radius 3 is 2.26 bits per heavy atom. The maximum atomic E-state index is 12.9. The molecule has 0 saturated heterocycles. The standard InChI is InChI=1S/C22H24N2O6S/c1-3-31(26,27)30-20-10-6-17(7-11-20)15-24(16-21-5-4-14-29-21)22(25)23-18-8-12-19(28-2)13-9-18/h4-14H,3,15-16H2,1-2H3,(H,23,25). The molecule has 0 aliphatic heterocycles. The number of anilines is 1. The Morgan fingerprint density at radius 1 is 1.00 bits per heavy atom. The van der Waals surface area contributed by atoms with Crippen molar-refractivity contribution in [2.75, 3.05) is 18.2 Å². The van der Waals surface area contributed by atoms with E-state index in [9.17, 15) is 13.2 Å². The van der Waals surface area contributed by atoms with Crippen LogP contribution in [-0.2, 0) is 23.2 Å². The van der Waals surface area contributed by atoms with Crippen LogP contribution >= 0.6 is 0 Å². The van der Waals surface area contributed by atoms with Gasteiger partial charge in [0.05, 0.1) is 25.7 Å². The van der Waals surface area contributed by atoms with Gasteiger partial charge in [-0.2, -0.15) is 8.42 Å². The monoisotopic (exact) mass is 444 g/mol. The first-order valence-electron chi connectivity index (χ1n) is 9.62. The predicted octanol–water partition coefficient (Wildman–Crippen LogP) is 4.25. The van der Waals surface area contributed by atoms with Crippen LogP contribution in [0, 0.1) is 0 Å². The van der Waals surface area contributed by atoms with E-state index < -0.39 is 10.1 Å². The highest BCUT2D eigenvalue weighted by Gasteiger charge is 2.17. The molecular weight excluding hydrogens is 420 g/mol. The van der Waals surface area contributed by atoms with Crippen molar-refractivity contribution in [1.82, 2.24) is 4.90 Å². The number of hydrogen-bond acceptors (Lipinski definition) is 6. The normalized spacial score (nSPS) is 11.0. The molecule has 9 heteroatoms. The second-order valence-corrected chi connectivity index (χ2v) is 8.53. The van der Waals surface area contributed by atoms with Crippen molar-refractivity contribution < 1.29 is 26.5 Å². The van der Waals surface area contributed by atoms with Gasteiger partial charge in [-0.1, -0.05) is 12.1 Å². The number of nitrogens with one attached hydrogen (secondary N) is 1. The molecule has 31 heavy (non-hydrogen) atoms. The van der Waals surface area contributed by atoms with E-state index in [0.29, 0.717) is 17.2 Å². The Balaban J connectivity index is 1.73. The van der Waals surface area contributed by atoms with Crippen LogP contribution < -0.4 is 14.2 Å². The maximum Gasteiger partial charge on any atom is 0.322 e. The van der Waals surface area contributed by atoms with Gasteiger partial charge in [0.15, 0.2) is 0 Å². The summed E-state index contributed by atoms with van der Waals surface area (Å²) in [6.07, 6.45) is 1.55. The van der Waals surface area contributed by atoms with Gasteiger partial charge in [0.1, 0.15) is 17.3 Å². The Bertz CT molecular complexity index is 1080. The zero-order chi connectivity index (χ0) is 22.3. The molecule has 0 saturated carbocycles. The summed E-state index contributed by atoms with van der Waals surface area (Å²) in [4.78, 5) is 14.5. The lowest BCUT2D eigenvalue weighted by Crippen LogP contribution is -2.34. The maximum absolute atomic E-state index is 12.9. The van der Waals surface area contributed by atoms with E-state index in [-0.39, 0.29) is 30.6 Å². The van der Waals surface area contributed by atoms with Gasteiger partial charge in [-0.3, -0.25) is 0 Å². The Morgan fingerprint density at radius 2 is 1.68 bits per heavy atom. The third-order valence-electron chi connectivity index (χ3n) is 4.43. The van der Waals surface area contributed by atoms with Crippen molar-refractivity contribution in [2.45, 2.75) is 20.0 Å². The van der Waals surface area contributed by atoms with Crippen LogP contribution in [0.15, 0.2) is 71.3 Å². The van der Waals surface area contributed by atoms with Gasteiger partial charge in [0, 0.05) is 12.2 Å². The molecule has 1 N–H and O–H groups in total. The predicted molar refractivity (Wildman–Crippen MR) is 116 cm³/mol. The van der Waals surface area contributed by atoms with E-state index in [1.54, 1.807) is 78.9 Å². The number of carbonyl (C=O) groups is 1. The van der Waals surface area contributed by atoms with E-state index in [0.717, 1.165) is 5.56 Å². The highest BCUT2D eigenvalue weighted by atomic mass is 32.2. The lowest BCUT2D eigenvalue weighted by Gasteiger charge is -2.22. The summed E-state index contributed by atoms with van der Waals surface area (Å²) in [6.45, 7) is 2.05. The lowest BCUT2D eigenvalue weighted by atomic mass is 10.2. The molecule has 0 unspecified atom stereocenters. The number of furan rings is 1. The first-order chi connectivity index (χ1) is 14.9. The number of carbonyl (C=O) groups excluding carboxylic acids is 1. The molecule has 8 nitrogen and oxygen atoms in total. The van der Waals surface area contributed by atoms with Crippen LogP contribution in [0.3, 0.4) is 0 Å². The minimum Gasteiger partial charge on any atom is -0.497 e. The lowest BCUT2D eigenvalue weighted by molar-refractivity contribution is 0.201. The molecule has 1 heterocycles. The van der Waals surface area contributed by atoms with Gasteiger partial charge in [-0.05, 0) is 61.0 Å². The molecule has 0 spiro atoms. The van der Waals surface area contributed by atoms with Crippen molar-refractivity contribution in [3.05, 3.63) is 78.3 Å². The first kappa shape index (κ1) is 22.2. The summed E-state index contributed by atoms with van der Waals surface area (Å²) in [6, 6.07) is 16.8. The second-order valence-electron chi connectivity index (χ2n) is 6.67. The van der Waals surface area contributed by atoms with Crippen LogP contribution in [0.2, 0.25) is 0 Å². The van der Waals surface area contributed by atoms with E-state index in [2.05, 4.69) is 5.32 Å². The third kappa shape index (κ3) is 6.51. The van der Waals surface area contributed by atoms with Crippen LogP contribution in [0.1, 0.15) is 18.2 Å². The number of amides is 2. The van der Waals surface area contributed by atoms with Gasteiger partial charge in [0.25, 0.3) is 0 Å². The molecule has 0 radical (unpaired) electrons. The summed E-state index contributed by atoms with van der Waals surface area (Å²) < 4.78 is 38.7. The van der Waals surface area contributed by atoms with E-state index >= 15 is 0 Å². The van der Waals surface area contributed by atoms with Crippen LogP contribution in [0.4, 0.5) is 10.5 Å². The Labute approximate surface area is 181 Å². The van der Waals surface area contributed by atoms with E-state index in [1.807, 2.05) is 0 Å². The largest absolute Gasteiger partial charge is 0.497 e. The average molecular weight is 445 g/mol. The molecular formula is C22H24N2O6S. The van der Waals surface area contributed by atoms with Crippen molar-refractivity contribution in [3.8, 4) is 11.5 Å². The molecule has 0 atom stereocenters. The van der Waals surface area contributed by atoms with Crippen molar-refractivity contribution in [1.29, 1.82) is 0 Å². The van der Waals surface area contributed by atoms with Crippen molar-refractivity contribution in [2.24, 2.45) is 0 Å². The molecule has 3 aromatic rings. The molecule has 2 amide bonds. The van der Waals surface area contributed by atoms with Gasteiger partial charge in [-0.15, -0.1) is 0 Å². The Kier molecular flexibility index (Phi) is 7.19.